The van der Waals surface area contributed by atoms with E-state index in [2.05, 4.69) is 22.3 Å². The van der Waals surface area contributed by atoms with E-state index in [1.165, 1.54) is 12.1 Å². The van der Waals surface area contributed by atoms with Crippen LogP contribution in [0, 0.1) is 24.2 Å². The van der Waals surface area contributed by atoms with Crippen molar-refractivity contribution in [3.8, 4) is 11.8 Å². The number of hydrogen-bond acceptors (Lipinski definition) is 2. The summed E-state index contributed by atoms with van der Waals surface area (Å²) in [6, 6.07) is 16.5. The van der Waals surface area contributed by atoms with E-state index in [1.807, 2.05) is 52.0 Å². The van der Waals surface area contributed by atoms with Crippen molar-refractivity contribution in [1.29, 1.82) is 0 Å². The average Bonchev–Trinajstić information content (AvgIpc) is 3.21. The minimum atomic E-state index is -4.52. The molecule has 0 atom stereocenters. The zero-order valence-corrected chi connectivity index (χ0v) is 20.5. The lowest BCUT2D eigenvalue weighted by Crippen LogP contribution is -2.17. The molecule has 2 heterocycles. The summed E-state index contributed by atoms with van der Waals surface area (Å²) in [6.45, 7) is 7.53. The minimum absolute atomic E-state index is 0.0870. The first-order chi connectivity index (χ1) is 16.9. The maximum atomic E-state index is 13.7. The zero-order valence-electron chi connectivity index (χ0n) is 20.5. The molecule has 0 fully saturated rings. The van der Waals surface area contributed by atoms with Crippen molar-refractivity contribution in [2.45, 2.75) is 40.3 Å². The first kappa shape index (κ1) is 25.1. The highest BCUT2D eigenvalue weighted by atomic mass is 19.4. The van der Waals surface area contributed by atoms with Gasteiger partial charge in [-0.25, -0.2) is 4.52 Å². The van der Waals surface area contributed by atoms with Crippen LogP contribution in [0.4, 0.5) is 18.9 Å². The third kappa shape index (κ3) is 5.77. The fourth-order valence-corrected chi connectivity index (χ4v) is 3.92. The lowest BCUT2D eigenvalue weighted by molar-refractivity contribution is -0.138. The number of rotatable bonds is 3. The molecule has 0 spiro atoms. The van der Waals surface area contributed by atoms with Crippen LogP contribution in [0.15, 0.2) is 66.9 Å². The van der Waals surface area contributed by atoms with Crippen molar-refractivity contribution >= 4 is 17.1 Å². The number of aromatic nitrogens is 2. The third-order valence-corrected chi connectivity index (χ3v) is 5.64. The second kappa shape index (κ2) is 9.54. The van der Waals surface area contributed by atoms with Gasteiger partial charge in [-0.05, 0) is 84.3 Å². The molecule has 7 heteroatoms. The van der Waals surface area contributed by atoms with Gasteiger partial charge >= 0.3 is 6.18 Å². The van der Waals surface area contributed by atoms with E-state index in [1.54, 1.807) is 28.9 Å². The van der Waals surface area contributed by atoms with Gasteiger partial charge in [-0.1, -0.05) is 38.8 Å². The van der Waals surface area contributed by atoms with E-state index >= 15 is 0 Å². The molecular formula is C29H26F3N3O. The molecule has 36 heavy (non-hydrogen) atoms. The summed E-state index contributed by atoms with van der Waals surface area (Å²) in [6.07, 6.45) is -2.58. The number of nitrogens with one attached hydrogen (secondary N) is 1. The fraction of sp³-hybridized carbons (Fsp3) is 0.241. The first-order valence-corrected chi connectivity index (χ1v) is 11.5. The number of carbonyl (C=O) groups is 1. The Labute approximate surface area is 208 Å². The van der Waals surface area contributed by atoms with E-state index in [-0.39, 0.29) is 23.1 Å². The van der Waals surface area contributed by atoms with Crippen LogP contribution in [0.3, 0.4) is 0 Å². The highest BCUT2D eigenvalue weighted by Gasteiger charge is 2.34. The predicted octanol–water partition coefficient (Wildman–Crippen LogP) is 6.90. The quantitative estimate of drug-likeness (QED) is 0.318. The monoisotopic (exact) mass is 489 g/mol. The Hall–Kier alpha value is -4.05. The Balaban J connectivity index is 1.59. The molecule has 1 amide bonds. The summed E-state index contributed by atoms with van der Waals surface area (Å²) in [5.74, 6) is 5.66. The Morgan fingerprint density at radius 1 is 1.00 bits per heavy atom. The van der Waals surface area contributed by atoms with Crippen molar-refractivity contribution in [3.63, 3.8) is 0 Å². The average molecular weight is 490 g/mol. The van der Waals surface area contributed by atoms with E-state index in [0.29, 0.717) is 16.8 Å². The number of fused-ring (bicyclic) bond motifs is 1. The molecular weight excluding hydrogens is 463 g/mol. The number of aryl methyl sites for hydroxylation is 1. The molecule has 0 aliphatic rings. The number of benzene rings is 2. The Morgan fingerprint density at radius 3 is 2.50 bits per heavy atom. The number of amides is 1. The Kier molecular flexibility index (Phi) is 6.64. The molecule has 4 nitrogen and oxygen atoms in total. The topological polar surface area (TPSA) is 46.4 Å². The summed E-state index contributed by atoms with van der Waals surface area (Å²) < 4.78 is 42.9. The van der Waals surface area contributed by atoms with Crippen molar-refractivity contribution < 1.29 is 18.0 Å². The van der Waals surface area contributed by atoms with Crippen LogP contribution in [0.1, 0.15) is 59.1 Å². The Bertz CT molecular complexity index is 1500. The van der Waals surface area contributed by atoms with Gasteiger partial charge in [0.25, 0.3) is 5.91 Å². The lowest BCUT2D eigenvalue weighted by Gasteiger charge is -2.22. The van der Waals surface area contributed by atoms with Gasteiger partial charge in [0.1, 0.15) is 5.69 Å². The van der Waals surface area contributed by atoms with Crippen molar-refractivity contribution in [2.24, 2.45) is 5.41 Å². The number of carbonyl (C=O) groups excluding carboxylic acids is 1. The van der Waals surface area contributed by atoms with Gasteiger partial charge < -0.3 is 5.32 Å². The molecule has 0 aliphatic carbocycles. The molecule has 2 aromatic heterocycles. The molecule has 0 unspecified atom stereocenters. The summed E-state index contributed by atoms with van der Waals surface area (Å²) in [5.41, 5.74) is 2.68. The van der Waals surface area contributed by atoms with Gasteiger partial charge in [-0.2, -0.15) is 18.3 Å². The van der Waals surface area contributed by atoms with Crippen LogP contribution in [-0.2, 0) is 12.6 Å². The van der Waals surface area contributed by atoms with Crippen molar-refractivity contribution in [3.05, 3.63) is 100 Å². The van der Waals surface area contributed by atoms with Gasteiger partial charge in [0.15, 0.2) is 0 Å². The van der Waals surface area contributed by atoms with Gasteiger partial charge in [0.05, 0.1) is 11.1 Å². The SMILES string of the molecule is Cc1ccc(C(=O)Nc2ccc(CC(C)(C)C)c(C(F)(F)F)c2)cc1C#Cc1ccc2cccnn12. The third-order valence-electron chi connectivity index (χ3n) is 5.64. The minimum Gasteiger partial charge on any atom is -0.322 e. The van der Waals surface area contributed by atoms with Crippen LogP contribution in [0.5, 0.6) is 0 Å². The molecule has 1 N–H and O–H groups in total. The molecule has 0 aliphatic heterocycles. The van der Waals surface area contributed by atoms with Crippen LogP contribution in [0.2, 0.25) is 0 Å². The number of anilines is 1. The number of halogens is 3. The van der Waals surface area contributed by atoms with Gasteiger partial charge in [-0.3, -0.25) is 4.79 Å². The van der Waals surface area contributed by atoms with Gasteiger partial charge in [0.2, 0.25) is 0 Å². The first-order valence-electron chi connectivity index (χ1n) is 11.5. The molecule has 0 saturated carbocycles. The largest absolute Gasteiger partial charge is 0.416 e. The molecule has 2 aromatic carbocycles. The fourth-order valence-electron chi connectivity index (χ4n) is 3.92. The number of nitrogens with zero attached hydrogens (tertiary/aromatic N) is 2. The zero-order chi connectivity index (χ0) is 26.1. The van der Waals surface area contributed by atoms with E-state index in [0.717, 1.165) is 17.1 Å². The van der Waals surface area contributed by atoms with Crippen LogP contribution in [0.25, 0.3) is 5.52 Å². The van der Waals surface area contributed by atoms with E-state index in [9.17, 15) is 18.0 Å². The summed E-state index contributed by atoms with van der Waals surface area (Å²) in [4.78, 5) is 12.9. The van der Waals surface area contributed by atoms with Crippen molar-refractivity contribution in [2.75, 3.05) is 5.32 Å². The van der Waals surface area contributed by atoms with E-state index < -0.39 is 17.6 Å². The molecule has 0 bridgehead atoms. The van der Waals surface area contributed by atoms with Crippen LogP contribution < -0.4 is 5.32 Å². The smallest absolute Gasteiger partial charge is 0.322 e. The normalized spacial score (nSPS) is 11.8. The number of hydrogen-bond donors (Lipinski definition) is 1. The standard InChI is InChI=1S/C29H26F3N3O/c1-19-7-8-21(16-20(19)10-12-25-14-13-24-6-5-15-33-35(24)25)27(36)34-23-11-9-22(18-28(2,3)4)26(17-23)29(30,31)32/h5-9,11,13-17H,18H2,1-4H3,(H,34,36). The lowest BCUT2D eigenvalue weighted by atomic mass is 9.86. The molecule has 184 valence electrons. The second-order valence-corrected chi connectivity index (χ2v) is 9.92. The number of alkyl halides is 3. The summed E-state index contributed by atoms with van der Waals surface area (Å²) in [5, 5.41) is 6.89. The van der Waals surface area contributed by atoms with Gasteiger partial charge in [-0.15, -0.1) is 0 Å². The second-order valence-electron chi connectivity index (χ2n) is 9.92. The molecule has 4 aromatic rings. The summed E-state index contributed by atoms with van der Waals surface area (Å²) >= 11 is 0. The predicted molar refractivity (Wildman–Crippen MR) is 135 cm³/mol. The van der Waals surface area contributed by atoms with E-state index in [4.69, 9.17) is 0 Å². The van der Waals surface area contributed by atoms with Gasteiger partial charge in [0, 0.05) is 23.0 Å². The highest BCUT2D eigenvalue weighted by Crippen LogP contribution is 2.36. The molecule has 0 radical (unpaired) electrons. The Morgan fingerprint density at radius 2 is 1.78 bits per heavy atom. The maximum absolute atomic E-state index is 13.7. The van der Waals surface area contributed by atoms with Crippen LogP contribution in [-0.4, -0.2) is 15.5 Å². The highest BCUT2D eigenvalue weighted by molar-refractivity contribution is 6.04. The van der Waals surface area contributed by atoms with Crippen molar-refractivity contribution in [1.82, 2.24) is 9.61 Å². The van der Waals surface area contributed by atoms with Crippen LogP contribution >= 0.6 is 0 Å². The molecule has 0 saturated heterocycles. The maximum Gasteiger partial charge on any atom is 0.416 e. The summed E-state index contributed by atoms with van der Waals surface area (Å²) in [7, 11) is 0. The molecule has 4 rings (SSSR count).